The zero-order valence-corrected chi connectivity index (χ0v) is 11.0. The van der Waals surface area contributed by atoms with E-state index in [1.807, 2.05) is 0 Å². The van der Waals surface area contributed by atoms with Crippen LogP contribution in [0, 0.1) is 11.6 Å². The van der Waals surface area contributed by atoms with Crippen LogP contribution in [0.15, 0.2) is 42.5 Å². The van der Waals surface area contributed by atoms with Crippen molar-refractivity contribution in [2.75, 3.05) is 13.2 Å². The number of hydrogen-bond acceptors (Lipinski definition) is 4. The molecule has 4 nitrogen and oxygen atoms in total. The van der Waals surface area contributed by atoms with Gasteiger partial charge in [0, 0.05) is 6.07 Å². The topological polar surface area (TPSA) is 58.9 Å². The molecule has 0 atom stereocenters. The highest BCUT2D eigenvalue weighted by Gasteiger charge is 2.11. The van der Waals surface area contributed by atoms with Crippen LogP contribution < -0.4 is 14.9 Å². The number of ether oxygens (including phenoxy) is 2. The fourth-order valence-corrected chi connectivity index (χ4v) is 1.66. The monoisotopic (exact) mass is 294 g/mol. The molecule has 0 bridgehead atoms. The molecule has 21 heavy (non-hydrogen) atoms. The summed E-state index contributed by atoms with van der Waals surface area (Å²) in [5.74, 6) is -0.999. The molecule has 0 saturated carbocycles. The average Bonchev–Trinajstić information content (AvgIpc) is 2.47. The van der Waals surface area contributed by atoms with E-state index in [4.69, 9.17) is 19.5 Å². The van der Waals surface area contributed by atoms with Crippen LogP contribution in [0.25, 0.3) is 0 Å². The zero-order chi connectivity index (χ0) is 15.2. The molecule has 0 aliphatic carbocycles. The Kier molecular flexibility index (Phi) is 5.13. The summed E-state index contributed by atoms with van der Waals surface area (Å²) in [6.45, 7) is 0.118. The van der Waals surface area contributed by atoms with E-state index in [9.17, 15) is 8.78 Å². The Morgan fingerprint density at radius 2 is 1.71 bits per heavy atom. The van der Waals surface area contributed by atoms with E-state index < -0.39 is 18.8 Å². The van der Waals surface area contributed by atoms with Crippen molar-refractivity contribution in [1.82, 2.24) is 0 Å². The van der Waals surface area contributed by atoms with Crippen molar-refractivity contribution in [1.29, 1.82) is 0 Å². The number of benzene rings is 2. The fourth-order valence-electron chi connectivity index (χ4n) is 1.66. The molecule has 0 fully saturated rings. The maximum Gasteiger partial charge on any atom is 0.488 e. The van der Waals surface area contributed by atoms with E-state index in [0.29, 0.717) is 11.2 Å². The Bertz CT molecular complexity index is 607. The lowest BCUT2D eigenvalue weighted by Gasteiger charge is -2.10. The van der Waals surface area contributed by atoms with Crippen molar-refractivity contribution in [2.45, 2.75) is 0 Å². The van der Waals surface area contributed by atoms with Gasteiger partial charge < -0.3 is 19.5 Å². The lowest BCUT2D eigenvalue weighted by atomic mass is 9.80. The molecule has 0 aromatic heterocycles. The minimum absolute atomic E-state index is 0.0201. The molecule has 0 heterocycles. The van der Waals surface area contributed by atoms with Crippen LogP contribution in [0.2, 0.25) is 0 Å². The minimum Gasteiger partial charge on any atom is -0.490 e. The molecule has 0 radical (unpaired) electrons. The van der Waals surface area contributed by atoms with Crippen molar-refractivity contribution < 1.29 is 28.3 Å². The molecule has 0 unspecified atom stereocenters. The Morgan fingerprint density at radius 1 is 0.952 bits per heavy atom. The van der Waals surface area contributed by atoms with Gasteiger partial charge in [-0.1, -0.05) is 12.1 Å². The van der Waals surface area contributed by atoms with Crippen LogP contribution in [-0.2, 0) is 0 Å². The maximum atomic E-state index is 13.3. The van der Waals surface area contributed by atoms with Gasteiger partial charge in [0.1, 0.15) is 24.8 Å². The van der Waals surface area contributed by atoms with Crippen molar-refractivity contribution in [2.24, 2.45) is 0 Å². The zero-order valence-electron chi connectivity index (χ0n) is 11.0. The van der Waals surface area contributed by atoms with Gasteiger partial charge in [-0.15, -0.1) is 0 Å². The van der Waals surface area contributed by atoms with Crippen LogP contribution in [0.3, 0.4) is 0 Å². The molecular weight excluding hydrogens is 281 g/mol. The first-order valence-electron chi connectivity index (χ1n) is 6.23. The van der Waals surface area contributed by atoms with Crippen LogP contribution in [0.5, 0.6) is 11.5 Å². The van der Waals surface area contributed by atoms with E-state index in [1.54, 1.807) is 12.1 Å². The Balaban J connectivity index is 1.84. The van der Waals surface area contributed by atoms with E-state index in [-0.39, 0.29) is 19.0 Å². The molecule has 2 aromatic carbocycles. The molecule has 110 valence electrons. The first-order chi connectivity index (χ1) is 10.1. The first kappa shape index (κ1) is 15.3. The van der Waals surface area contributed by atoms with Gasteiger partial charge in [-0.05, 0) is 29.7 Å². The van der Waals surface area contributed by atoms with E-state index in [1.165, 1.54) is 12.1 Å². The SMILES string of the molecule is OB(O)c1cccc(OCCOc2cc(F)ccc2F)c1. The third-order valence-electron chi connectivity index (χ3n) is 2.66. The largest absolute Gasteiger partial charge is 0.490 e. The fraction of sp³-hybridized carbons (Fsp3) is 0.143. The summed E-state index contributed by atoms with van der Waals surface area (Å²) < 4.78 is 36.6. The number of rotatable bonds is 6. The highest BCUT2D eigenvalue weighted by atomic mass is 19.1. The first-order valence-corrected chi connectivity index (χ1v) is 6.23. The van der Waals surface area contributed by atoms with Gasteiger partial charge in [0.2, 0.25) is 0 Å². The third kappa shape index (κ3) is 4.44. The summed E-state index contributed by atoms with van der Waals surface area (Å²) >= 11 is 0. The molecule has 2 aromatic rings. The van der Waals surface area contributed by atoms with Crippen molar-refractivity contribution in [3.63, 3.8) is 0 Å². The van der Waals surface area contributed by atoms with Crippen molar-refractivity contribution in [3.05, 3.63) is 54.1 Å². The van der Waals surface area contributed by atoms with Gasteiger partial charge in [0.15, 0.2) is 11.6 Å². The van der Waals surface area contributed by atoms with Gasteiger partial charge in [0.05, 0.1) is 0 Å². The van der Waals surface area contributed by atoms with E-state index >= 15 is 0 Å². The quantitative estimate of drug-likeness (QED) is 0.619. The summed E-state index contributed by atoms with van der Waals surface area (Å²) in [6, 6.07) is 9.19. The molecular formula is C14H13BF2O4. The van der Waals surface area contributed by atoms with Crippen molar-refractivity contribution in [3.8, 4) is 11.5 Å². The number of halogens is 2. The molecule has 2 N–H and O–H groups in total. The third-order valence-corrected chi connectivity index (χ3v) is 2.66. The average molecular weight is 294 g/mol. The summed E-state index contributed by atoms with van der Waals surface area (Å²) in [6.07, 6.45) is 0. The highest BCUT2D eigenvalue weighted by molar-refractivity contribution is 6.58. The molecule has 0 saturated heterocycles. The smallest absolute Gasteiger partial charge is 0.488 e. The maximum absolute atomic E-state index is 13.3. The lowest BCUT2D eigenvalue weighted by molar-refractivity contribution is 0.211. The van der Waals surface area contributed by atoms with Crippen molar-refractivity contribution >= 4 is 12.6 Å². The Hall–Kier alpha value is -2.12. The van der Waals surface area contributed by atoms with Crippen LogP contribution in [-0.4, -0.2) is 30.4 Å². The second-order valence-electron chi connectivity index (χ2n) is 4.22. The van der Waals surface area contributed by atoms with E-state index in [2.05, 4.69) is 0 Å². The summed E-state index contributed by atoms with van der Waals surface area (Å²) in [5.41, 5.74) is 0.296. The Morgan fingerprint density at radius 3 is 2.48 bits per heavy atom. The van der Waals surface area contributed by atoms with Gasteiger partial charge in [-0.2, -0.15) is 0 Å². The van der Waals surface area contributed by atoms with Crippen LogP contribution in [0.4, 0.5) is 8.78 Å². The van der Waals surface area contributed by atoms with E-state index in [0.717, 1.165) is 18.2 Å². The van der Waals surface area contributed by atoms with Gasteiger partial charge in [-0.3, -0.25) is 0 Å². The van der Waals surface area contributed by atoms with Gasteiger partial charge >= 0.3 is 7.12 Å². The molecule has 0 spiro atoms. The molecule has 2 rings (SSSR count). The standard InChI is InChI=1S/C14H13BF2O4/c16-11-4-5-13(17)14(9-11)21-7-6-20-12-3-1-2-10(8-12)15(18)19/h1-5,8-9,18-19H,6-7H2. The summed E-state index contributed by atoms with van der Waals surface area (Å²) in [5, 5.41) is 18.0. The second-order valence-corrected chi connectivity index (χ2v) is 4.22. The second kappa shape index (κ2) is 7.05. The molecule has 0 aliphatic rings. The normalized spacial score (nSPS) is 10.3. The predicted molar refractivity (Wildman–Crippen MR) is 73.6 cm³/mol. The van der Waals surface area contributed by atoms with Gasteiger partial charge in [-0.25, -0.2) is 8.78 Å². The molecule has 7 heteroatoms. The van der Waals surface area contributed by atoms with Crippen LogP contribution >= 0.6 is 0 Å². The Labute approximate surface area is 120 Å². The predicted octanol–water partition coefficient (Wildman–Crippen LogP) is 1.10. The van der Waals surface area contributed by atoms with Crippen LogP contribution in [0.1, 0.15) is 0 Å². The lowest BCUT2D eigenvalue weighted by Crippen LogP contribution is -2.29. The minimum atomic E-state index is -1.58. The summed E-state index contributed by atoms with van der Waals surface area (Å²) in [4.78, 5) is 0. The van der Waals surface area contributed by atoms with Gasteiger partial charge in [0.25, 0.3) is 0 Å². The molecule has 0 aliphatic heterocycles. The summed E-state index contributed by atoms with van der Waals surface area (Å²) in [7, 11) is -1.58. The highest BCUT2D eigenvalue weighted by Crippen LogP contribution is 2.17. The number of hydrogen-bond donors (Lipinski definition) is 2. The molecule has 0 amide bonds.